The first kappa shape index (κ1) is 20.1. The molecule has 9 heteroatoms. The van der Waals surface area contributed by atoms with Crippen LogP contribution in [0.4, 0.5) is 4.39 Å². The highest BCUT2D eigenvalue weighted by atomic mass is 19.1. The molecule has 0 atom stereocenters. The Balaban J connectivity index is 1.50. The maximum Gasteiger partial charge on any atom is 0.250 e. The number of aromatic nitrogens is 5. The third-order valence-corrected chi connectivity index (χ3v) is 6.11. The van der Waals surface area contributed by atoms with E-state index in [1.165, 1.54) is 26.0 Å². The lowest BCUT2D eigenvalue weighted by atomic mass is 9.98. The molecule has 1 saturated heterocycles. The molecule has 164 valence electrons. The van der Waals surface area contributed by atoms with Crippen LogP contribution in [0, 0.1) is 11.7 Å². The van der Waals surface area contributed by atoms with E-state index in [1.54, 1.807) is 10.9 Å². The lowest BCUT2D eigenvalue weighted by molar-refractivity contribution is 0.145. The van der Waals surface area contributed by atoms with Crippen LogP contribution in [-0.2, 0) is 24.1 Å². The zero-order chi connectivity index (χ0) is 21.2. The van der Waals surface area contributed by atoms with E-state index in [4.69, 9.17) is 14.6 Å². The Hall–Kier alpha value is -2.78. The highest BCUT2D eigenvalue weighted by Gasteiger charge is 2.24. The van der Waals surface area contributed by atoms with Gasteiger partial charge in [-0.25, -0.2) is 14.1 Å². The molecule has 0 bridgehead atoms. The summed E-state index contributed by atoms with van der Waals surface area (Å²) in [7, 11) is 1.40. The average molecular weight is 426 g/mol. The van der Waals surface area contributed by atoms with Crippen molar-refractivity contribution in [3.05, 3.63) is 41.7 Å². The first-order valence-corrected chi connectivity index (χ1v) is 10.8. The number of rotatable bonds is 5. The molecule has 5 heterocycles. The molecular formula is C22H27FN6O2. The Bertz CT molecular complexity index is 1060. The predicted molar refractivity (Wildman–Crippen MR) is 113 cm³/mol. The number of fused-ring (bicyclic) bond motifs is 1. The summed E-state index contributed by atoms with van der Waals surface area (Å²) in [5.74, 6) is 0.112. The average Bonchev–Trinajstić information content (AvgIpc) is 3.31. The van der Waals surface area contributed by atoms with Gasteiger partial charge in [0.1, 0.15) is 0 Å². The molecule has 0 radical (unpaired) electrons. The van der Waals surface area contributed by atoms with Gasteiger partial charge in [-0.3, -0.25) is 4.68 Å². The summed E-state index contributed by atoms with van der Waals surface area (Å²) in [6.45, 7) is 4.32. The monoisotopic (exact) mass is 426 g/mol. The highest BCUT2D eigenvalue weighted by molar-refractivity contribution is 5.64. The van der Waals surface area contributed by atoms with Crippen molar-refractivity contribution in [1.29, 1.82) is 0 Å². The van der Waals surface area contributed by atoms with Crippen molar-refractivity contribution in [1.82, 2.24) is 29.9 Å². The van der Waals surface area contributed by atoms with E-state index in [1.807, 2.05) is 10.9 Å². The van der Waals surface area contributed by atoms with E-state index < -0.39 is 5.82 Å². The van der Waals surface area contributed by atoms with Gasteiger partial charge in [-0.05, 0) is 38.3 Å². The van der Waals surface area contributed by atoms with Crippen molar-refractivity contribution in [2.75, 3.05) is 33.4 Å². The molecule has 0 spiro atoms. The lowest BCUT2D eigenvalue weighted by Crippen LogP contribution is -2.29. The van der Waals surface area contributed by atoms with Crippen molar-refractivity contribution >= 4 is 0 Å². The number of nitrogens with one attached hydrogen (secondary N) is 1. The Morgan fingerprint density at radius 3 is 2.87 bits per heavy atom. The minimum Gasteiger partial charge on any atom is -0.479 e. The van der Waals surface area contributed by atoms with Gasteiger partial charge in [0.25, 0.3) is 0 Å². The number of nitrogens with zero attached hydrogens (tertiary/aromatic N) is 5. The molecule has 2 aliphatic rings. The van der Waals surface area contributed by atoms with Gasteiger partial charge < -0.3 is 14.8 Å². The molecule has 0 aliphatic carbocycles. The fourth-order valence-electron chi connectivity index (χ4n) is 4.49. The van der Waals surface area contributed by atoms with Crippen molar-refractivity contribution in [2.24, 2.45) is 5.92 Å². The predicted octanol–water partition coefficient (Wildman–Crippen LogP) is 2.39. The van der Waals surface area contributed by atoms with E-state index in [-0.39, 0.29) is 5.88 Å². The smallest absolute Gasteiger partial charge is 0.250 e. The SMILES string of the molecule is COc1ncc(-n2nc(-c3cnn(CC4CCNCC4)c3)c3c2CCOCC3)cc1F. The van der Waals surface area contributed by atoms with Gasteiger partial charge in [-0.1, -0.05) is 0 Å². The summed E-state index contributed by atoms with van der Waals surface area (Å²) in [5.41, 5.74) is 4.60. The second kappa shape index (κ2) is 8.76. The molecule has 3 aromatic heterocycles. The van der Waals surface area contributed by atoms with E-state index in [0.29, 0.717) is 31.2 Å². The highest BCUT2D eigenvalue weighted by Crippen LogP contribution is 2.30. The van der Waals surface area contributed by atoms with Crippen LogP contribution in [0.15, 0.2) is 24.7 Å². The summed E-state index contributed by atoms with van der Waals surface area (Å²) in [6, 6.07) is 1.41. The van der Waals surface area contributed by atoms with Crippen LogP contribution in [0.3, 0.4) is 0 Å². The molecular weight excluding hydrogens is 399 g/mol. The fourth-order valence-corrected chi connectivity index (χ4v) is 4.49. The van der Waals surface area contributed by atoms with Gasteiger partial charge in [0.2, 0.25) is 5.88 Å². The number of ether oxygens (including phenoxy) is 2. The summed E-state index contributed by atoms with van der Waals surface area (Å²) >= 11 is 0. The molecule has 0 amide bonds. The minimum atomic E-state index is -0.509. The molecule has 1 fully saturated rings. The Labute approximate surface area is 180 Å². The normalized spacial score (nSPS) is 17.4. The zero-order valence-electron chi connectivity index (χ0n) is 17.7. The number of hydrogen-bond acceptors (Lipinski definition) is 6. The standard InChI is InChI=1S/C22H27FN6O2/c1-30-22-19(23)10-17(12-25-22)29-20-5-9-31-8-4-18(20)21(27-29)16-11-26-28(14-16)13-15-2-6-24-7-3-15/h10-12,14-15,24H,2-9,13H2,1H3. The third kappa shape index (κ3) is 4.07. The van der Waals surface area contributed by atoms with Crippen LogP contribution >= 0.6 is 0 Å². The van der Waals surface area contributed by atoms with Gasteiger partial charge in [0.05, 0.1) is 49.8 Å². The van der Waals surface area contributed by atoms with Gasteiger partial charge in [0, 0.05) is 36.4 Å². The maximum absolute atomic E-state index is 14.3. The Morgan fingerprint density at radius 1 is 1.23 bits per heavy atom. The van der Waals surface area contributed by atoms with Crippen LogP contribution in [0.5, 0.6) is 5.88 Å². The molecule has 8 nitrogen and oxygen atoms in total. The van der Waals surface area contributed by atoms with E-state index in [2.05, 4.69) is 21.6 Å². The fraction of sp³-hybridized carbons (Fsp3) is 0.500. The van der Waals surface area contributed by atoms with Crippen molar-refractivity contribution in [3.8, 4) is 22.8 Å². The summed E-state index contributed by atoms with van der Waals surface area (Å²) in [5, 5.41) is 12.9. The first-order valence-electron chi connectivity index (χ1n) is 10.8. The zero-order valence-corrected chi connectivity index (χ0v) is 17.7. The third-order valence-electron chi connectivity index (χ3n) is 6.11. The summed E-state index contributed by atoms with van der Waals surface area (Å²) in [6.07, 6.45) is 9.36. The maximum atomic E-state index is 14.3. The van der Waals surface area contributed by atoms with Gasteiger partial charge in [0.15, 0.2) is 5.82 Å². The van der Waals surface area contributed by atoms with Gasteiger partial charge in [-0.2, -0.15) is 10.2 Å². The molecule has 1 N–H and O–H groups in total. The van der Waals surface area contributed by atoms with Crippen LogP contribution in [-0.4, -0.2) is 58.0 Å². The quantitative estimate of drug-likeness (QED) is 0.675. The van der Waals surface area contributed by atoms with E-state index >= 15 is 0 Å². The van der Waals surface area contributed by atoms with Crippen LogP contribution in [0.1, 0.15) is 24.1 Å². The van der Waals surface area contributed by atoms with Crippen LogP contribution < -0.4 is 10.1 Å². The van der Waals surface area contributed by atoms with Crippen LogP contribution in [0.2, 0.25) is 0 Å². The number of hydrogen-bond donors (Lipinski definition) is 1. The second-order valence-electron chi connectivity index (χ2n) is 8.13. The molecule has 0 aromatic carbocycles. The molecule has 0 unspecified atom stereocenters. The number of piperidine rings is 1. The summed E-state index contributed by atoms with van der Waals surface area (Å²) < 4.78 is 28.8. The second-order valence-corrected chi connectivity index (χ2v) is 8.13. The number of halogens is 1. The first-order chi connectivity index (χ1) is 15.2. The molecule has 3 aromatic rings. The topological polar surface area (TPSA) is 79.0 Å². The van der Waals surface area contributed by atoms with Crippen molar-refractivity contribution in [2.45, 2.75) is 32.2 Å². The molecule has 0 saturated carbocycles. The Morgan fingerprint density at radius 2 is 2.06 bits per heavy atom. The molecule has 31 heavy (non-hydrogen) atoms. The molecule has 5 rings (SSSR count). The lowest BCUT2D eigenvalue weighted by Gasteiger charge is -2.22. The molecule has 2 aliphatic heterocycles. The van der Waals surface area contributed by atoms with E-state index in [9.17, 15) is 4.39 Å². The van der Waals surface area contributed by atoms with E-state index in [0.717, 1.165) is 48.6 Å². The van der Waals surface area contributed by atoms with Crippen LogP contribution in [0.25, 0.3) is 16.9 Å². The van der Waals surface area contributed by atoms with Gasteiger partial charge in [-0.15, -0.1) is 0 Å². The number of pyridine rings is 1. The minimum absolute atomic E-state index is 0.0234. The Kier molecular flexibility index (Phi) is 5.69. The van der Waals surface area contributed by atoms with Crippen molar-refractivity contribution in [3.63, 3.8) is 0 Å². The van der Waals surface area contributed by atoms with Gasteiger partial charge >= 0.3 is 0 Å². The number of methoxy groups -OCH3 is 1. The van der Waals surface area contributed by atoms with Crippen molar-refractivity contribution < 1.29 is 13.9 Å². The summed E-state index contributed by atoms with van der Waals surface area (Å²) in [4.78, 5) is 4.09. The largest absolute Gasteiger partial charge is 0.479 e.